The second-order valence-electron chi connectivity index (χ2n) is 7.29. The van der Waals surface area contributed by atoms with Crippen LogP contribution in [0, 0.1) is 0 Å². The lowest BCUT2D eigenvalue weighted by molar-refractivity contribution is -0.126. The predicted molar refractivity (Wildman–Crippen MR) is 114 cm³/mol. The summed E-state index contributed by atoms with van der Waals surface area (Å²) < 4.78 is 27.2. The van der Waals surface area contributed by atoms with Gasteiger partial charge in [-0.3, -0.25) is 9.69 Å². The third-order valence-electron chi connectivity index (χ3n) is 5.14. The zero-order valence-electron chi connectivity index (χ0n) is 17.0. The van der Waals surface area contributed by atoms with Gasteiger partial charge in [0.2, 0.25) is 15.9 Å². The highest BCUT2D eigenvalue weighted by Gasteiger charge is 2.28. The summed E-state index contributed by atoms with van der Waals surface area (Å²) in [5, 5.41) is 3.00. The highest BCUT2D eigenvalue weighted by molar-refractivity contribution is 7.89. The Morgan fingerprint density at radius 3 is 2.21 bits per heavy atom. The Morgan fingerprint density at radius 1 is 1.03 bits per heavy atom. The van der Waals surface area contributed by atoms with Crippen LogP contribution in [0.15, 0.2) is 59.5 Å². The molecule has 7 heteroatoms. The lowest BCUT2D eigenvalue weighted by Crippen LogP contribution is -2.40. The van der Waals surface area contributed by atoms with Gasteiger partial charge in [0.15, 0.2) is 0 Å². The smallest absolute Gasteiger partial charge is 0.242 e. The molecule has 1 unspecified atom stereocenters. The van der Waals surface area contributed by atoms with Crippen molar-refractivity contribution in [1.82, 2.24) is 14.9 Å². The molecular weight excluding hydrogens is 386 g/mol. The van der Waals surface area contributed by atoms with Crippen molar-refractivity contribution < 1.29 is 13.2 Å². The summed E-state index contributed by atoms with van der Waals surface area (Å²) in [6, 6.07) is 16.1. The maximum atomic E-state index is 13.0. The number of amides is 1. The number of hydrogen-bond acceptors (Lipinski definition) is 4. The topological polar surface area (TPSA) is 78.5 Å². The molecule has 156 valence electrons. The fourth-order valence-corrected chi connectivity index (χ4v) is 4.62. The van der Waals surface area contributed by atoms with Gasteiger partial charge in [-0.05, 0) is 49.2 Å². The van der Waals surface area contributed by atoms with Crippen molar-refractivity contribution in [3.8, 4) is 0 Å². The molecule has 1 atom stereocenters. The lowest BCUT2D eigenvalue weighted by Gasteiger charge is -2.29. The van der Waals surface area contributed by atoms with Crippen molar-refractivity contribution in [2.75, 3.05) is 13.1 Å². The molecule has 0 spiro atoms. The normalized spacial score (nSPS) is 15.3. The number of benzene rings is 2. The lowest BCUT2D eigenvalue weighted by atomic mass is 10.0. The average Bonchev–Trinajstić information content (AvgIpc) is 3.54. The molecule has 0 radical (unpaired) electrons. The van der Waals surface area contributed by atoms with Crippen LogP contribution in [-0.2, 0) is 21.4 Å². The van der Waals surface area contributed by atoms with Crippen LogP contribution in [0.4, 0.5) is 0 Å². The summed E-state index contributed by atoms with van der Waals surface area (Å²) in [4.78, 5) is 15.3. The summed E-state index contributed by atoms with van der Waals surface area (Å²) in [5.41, 5.74) is 1.82. The number of sulfonamides is 1. The fourth-order valence-electron chi connectivity index (χ4n) is 3.31. The minimum absolute atomic E-state index is 0.0630. The van der Waals surface area contributed by atoms with Gasteiger partial charge in [0.1, 0.15) is 6.04 Å². The Morgan fingerprint density at radius 2 is 1.66 bits per heavy atom. The van der Waals surface area contributed by atoms with E-state index in [1.165, 1.54) is 0 Å². The molecule has 29 heavy (non-hydrogen) atoms. The minimum atomic E-state index is -3.46. The van der Waals surface area contributed by atoms with Gasteiger partial charge in [0.05, 0.1) is 4.90 Å². The van der Waals surface area contributed by atoms with E-state index in [0.29, 0.717) is 6.54 Å². The molecule has 1 aliphatic rings. The van der Waals surface area contributed by atoms with E-state index in [2.05, 4.69) is 14.9 Å². The van der Waals surface area contributed by atoms with Crippen LogP contribution in [0.5, 0.6) is 0 Å². The van der Waals surface area contributed by atoms with Crippen LogP contribution < -0.4 is 10.0 Å². The molecular formula is C22H29N3O3S. The van der Waals surface area contributed by atoms with Crippen LogP contribution >= 0.6 is 0 Å². The first-order valence-corrected chi connectivity index (χ1v) is 11.6. The zero-order valence-corrected chi connectivity index (χ0v) is 17.8. The number of nitrogens with one attached hydrogen (secondary N) is 2. The van der Waals surface area contributed by atoms with Crippen LogP contribution in [0.1, 0.15) is 43.9 Å². The van der Waals surface area contributed by atoms with E-state index >= 15 is 0 Å². The average molecular weight is 416 g/mol. The predicted octanol–water partition coefficient (Wildman–Crippen LogP) is 2.83. The molecule has 0 heterocycles. The first-order valence-electron chi connectivity index (χ1n) is 10.1. The van der Waals surface area contributed by atoms with Gasteiger partial charge in [-0.15, -0.1) is 0 Å². The number of rotatable bonds is 10. The van der Waals surface area contributed by atoms with Crippen molar-refractivity contribution in [1.29, 1.82) is 0 Å². The molecule has 6 nitrogen and oxygen atoms in total. The first-order chi connectivity index (χ1) is 13.9. The largest absolute Gasteiger partial charge is 0.350 e. The van der Waals surface area contributed by atoms with Gasteiger partial charge in [-0.2, -0.15) is 0 Å². The SMILES string of the molecule is CCN(CC)C(C(=O)NCc1ccc(S(=O)(=O)NC2CC2)cc1)c1ccccc1. The summed E-state index contributed by atoms with van der Waals surface area (Å²) in [6.07, 6.45) is 1.80. The van der Waals surface area contributed by atoms with Gasteiger partial charge in [-0.25, -0.2) is 13.1 Å². The van der Waals surface area contributed by atoms with Crippen molar-refractivity contribution in [3.05, 3.63) is 65.7 Å². The molecule has 0 aromatic heterocycles. The van der Waals surface area contributed by atoms with E-state index in [-0.39, 0.29) is 22.9 Å². The quantitative estimate of drug-likeness (QED) is 0.625. The Hall–Kier alpha value is -2.22. The second-order valence-corrected chi connectivity index (χ2v) is 9.01. The van der Waals surface area contributed by atoms with Crippen LogP contribution in [-0.4, -0.2) is 38.4 Å². The Labute approximate surface area is 173 Å². The van der Waals surface area contributed by atoms with Crippen molar-refractivity contribution in [3.63, 3.8) is 0 Å². The van der Waals surface area contributed by atoms with Crippen molar-refractivity contribution in [2.45, 2.75) is 50.2 Å². The van der Waals surface area contributed by atoms with E-state index in [0.717, 1.165) is 37.1 Å². The van der Waals surface area contributed by atoms with Gasteiger partial charge < -0.3 is 5.32 Å². The van der Waals surface area contributed by atoms with Crippen LogP contribution in [0.2, 0.25) is 0 Å². The molecule has 3 rings (SSSR count). The molecule has 1 fully saturated rings. The van der Waals surface area contributed by atoms with E-state index < -0.39 is 10.0 Å². The summed E-state index contributed by atoms with van der Waals surface area (Å²) >= 11 is 0. The summed E-state index contributed by atoms with van der Waals surface area (Å²) in [6.45, 7) is 5.97. The van der Waals surface area contributed by atoms with Crippen molar-refractivity contribution in [2.24, 2.45) is 0 Å². The molecule has 1 aliphatic carbocycles. The molecule has 2 aromatic rings. The third kappa shape index (κ3) is 5.65. The molecule has 0 saturated heterocycles. The zero-order chi connectivity index (χ0) is 20.9. The molecule has 0 bridgehead atoms. The monoisotopic (exact) mass is 415 g/mol. The number of nitrogens with zero attached hydrogens (tertiary/aromatic N) is 1. The van der Waals surface area contributed by atoms with E-state index in [9.17, 15) is 13.2 Å². The maximum absolute atomic E-state index is 13.0. The number of hydrogen-bond donors (Lipinski definition) is 2. The Kier molecular flexibility index (Phi) is 7.05. The van der Waals surface area contributed by atoms with E-state index in [1.54, 1.807) is 24.3 Å². The second kappa shape index (κ2) is 9.52. The van der Waals surface area contributed by atoms with Gasteiger partial charge in [0, 0.05) is 12.6 Å². The highest BCUT2D eigenvalue weighted by atomic mass is 32.2. The first kappa shape index (κ1) is 21.5. The van der Waals surface area contributed by atoms with Crippen molar-refractivity contribution >= 4 is 15.9 Å². The van der Waals surface area contributed by atoms with Gasteiger partial charge in [-0.1, -0.05) is 56.3 Å². The summed E-state index contributed by atoms with van der Waals surface area (Å²) in [5.74, 6) is -0.0630. The van der Waals surface area contributed by atoms with Crippen LogP contribution in [0.25, 0.3) is 0 Å². The number of carbonyl (C=O) groups is 1. The minimum Gasteiger partial charge on any atom is -0.350 e. The standard InChI is InChI=1S/C22H29N3O3S/c1-3-25(4-2)21(18-8-6-5-7-9-18)22(26)23-16-17-10-14-20(15-11-17)29(27,28)24-19-12-13-19/h5-11,14-15,19,21,24H,3-4,12-13,16H2,1-2H3,(H,23,26). The molecule has 2 aromatic carbocycles. The van der Waals surface area contributed by atoms with Gasteiger partial charge >= 0.3 is 0 Å². The summed E-state index contributed by atoms with van der Waals surface area (Å²) in [7, 11) is -3.46. The Balaban J connectivity index is 1.66. The fraction of sp³-hybridized carbons (Fsp3) is 0.409. The van der Waals surface area contributed by atoms with E-state index in [4.69, 9.17) is 0 Å². The number of carbonyl (C=O) groups excluding carboxylic acids is 1. The van der Waals surface area contributed by atoms with Crippen LogP contribution in [0.3, 0.4) is 0 Å². The third-order valence-corrected chi connectivity index (χ3v) is 6.68. The highest BCUT2D eigenvalue weighted by Crippen LogP contribution is 2.23. The molecule has 1 saturated carbocycles. The Bertz CT molecular complexity index is 906. The molecule has 1 amide bonds. The molecule has 0 aliphatic heterocycles. The number of likely N-dealkylation sites (N-methyl/N-ethyl adjacent to an activating group) is 1. The maximum Gasteiger partial charge on any atom is 0.242 e. The molecule has 2 N–H and O–H groups in total. The van der Waals surface area contributed by atoms with Gasteiger partial charge in [0.25, 0.3) is 0 Å². The van der Waals surface area contributed by atoms with E-state index in [1.807, 2.05) is 44.2 Å².